The number of nitrogens with one attached hydrogen (secondary N) is 2. The Balaban J connectivity index is 1.89. The van der Waals surface area contributed by atoms with Crippen LogP contribution >= 0.6 is 11.3 Å². The zero-order valence-corrected chi connectivity index (χ0v) is 18.3. The second-order valence-electron chi connectivity index (χ2n) is 6.89. The summed E-state index contributed by atoms with van der Waals surface area (Å²) in [6, 6.07) is 11.5. The summed E-state index contributed by atoms with van der Waals surface area (Å²) < 4.78 is 4.82. The quantitative estimate of drug-likeness (QED) is 0.317. The molecule has 2 N–H and O–H groups in total. The summed E-state index contributed by atoms with van der Waals surface area (Å²) in [6.07, 6.45) is 4.72. The fourth-order valence-electron chi connectivity index (χ4n) is 3.00. The van der Waals surface area contributed by atoms with Gasteiger partial charge in [0.1, 0.15) is 16.6 Å². The molecule has 3 aromatic rings. The van der Waals surface area contributed by atoms with E-state index in [4.69, 9.17) is 4.74 Å². The van der Waals surface area contributed by atoms with Gasteiger partial charge >= 0.3 is 5.97 Å². The fraction of sp³-hybridized carbons (Fsp3) is 0.217. The molecule has 0 atom stereocenters. The van der Waals surface area contributed by atoms with Gasteiger partial charge < -0.3 is 10.1 Å². The lowest BCUT2D eigenvalue weighted by Gasteiger charge is -2.05. The van der Waals surface area contributed by atoms with Crippen molar-refractivity contribution in [1.29, 1.82) is 5.26 Å². The van der Waals surface area contributed by atoms with E-state index in [9.17, 15) is 14.9 Å². The number of amides is 1. The number of nitriles is 1. The summed E-state index contributed by atoms with van der Waals surface area (Å²) in [6.45, 7) is 4.03. The molecule has 0 fully saturated rings. The van der Waals surface area contributed by atoms with E-state index in [0.717, 1.165) is 28.8 Å². The van der Waals surface area contributed by atoms with Crippen LogP contribution in [-0.4, -0.2) is 29.2 Å². The Hall–Kier alpha value is -3.70. The van der Waals surface area contributed by atoms with Crippen molar-refractivity contribution in [2.75, 3.05) is 12.4 Å². The molecule has 7 nitrogen and oxygen atoms in total. The van der Waals surface area contributed by atoms with Crippen LogP contribution in [0.3, 0.4) is 0 Å². The summed E-state index contributed by atoms with van der Waals surface area (Å²) in [5.41, 5.74) is 3.51. The number of benzene rings is 1. The highest BCUT2D eigenvalue weighted by atomic mass is 32.1. The van der Waals surface area contributed by atoms with Gasteiger partial charge in [0.15, 0.2) is 0 Å². The average molecular weight is 435 g/mol. The van der Waals surface area contributed by atoms with Crippen LogP contribution in [0.15, 0.2) is 42.1 Å². The zero-order valence-electron chi connectivity index (χ0n) is 17.5. The van der Waals surface area contributed by atoms with Crippen molar-refractivity contribution in [3.63, 3.8) is 0 Å². The molecule has 0 radical (unpaired) electrons. The molecule has 0 spiro atoms. The van der Waals surface area contributed by atoms with Crippen molar-refractivity contribution in [3.8, 4) is 17.3 Å². The SMILES string of the molecule is CCCc1cc(C(=O)OC)c(NC(=O)/C(C#N)=C/c2cn[nH]c2-c2ccc(C)cc2)s1. The molecule has 1 aromatic carbocycles. The Morgan fingerprint density at radius 3 is 2.71 bits per heavy atom. The van der Waals surface area contributed by atoms with Crippen molar-refractivity contribution in [3.05, 3.63) is 63.7 Å². The van der Waals surface area contributed by atoms with Gasteiger partial charge in [0.2, 0.25) is 0 Å². The maximum atomic E-state index is 12.8. The van der Waals surface area contributed by atoms with Gasteiger partial charge in [0.05, 0.1) is 24.6 Å². The number of carbonyl (C=O) groups excluding carboxylic acids is 2. The number of aryl methyl sites for hydroxylation is 2. The second kappa shape index (κ2) is 9.87. The number of H-pyrrole nitrogens is 1. The predicted molar refractivity (Wildman–Crippen MR) is 121 cm³/mol. The first kappa shape index (κ1) is 22.0. The van der Waals surface area contributed by atoms with Gasteiger partial charge in [-0.05, 0) is 25.5 Å². The Morgan fingerprint density at radius 2 is 2.06 bits per heavy atom. The average Bonchev–Trinajstić information content (AvgIpc) is 3.39. The summed E-state index contributed by atoms with van der Waals surface area (Å²) >= 11 is 1.31. The number of carbonyl (C=O) groups is 2. The summed E-state index contributed by atoms with van der Waals surface area (Å²) in [7, 11) is 1.29. The van der Waals surface area contributed by atoms with Gasteiger partial charge in [0, 0.05) is 16.0 Å². The fourth-order valence-corrected chi connectivity index (χ4v) is 4.14. The zero-order chi connectivity index (χ0) is 22.4. The third-order valence-electron chi connectivity index (χ3n) is 4.59. The topological polar surface area (TPSA) is 108 Å². The van der Waals surface area contributed by atoms with Crippen molar-refractivity contribution in [2.45, 2.75) is 26.7 Å². The number of anilines is 1. The largest absolute Gasteiger partial charge is 0.465 e. The highest BCUT2D eigenvalue weighted by Gasteiger charge is 2.20. The molecule has 2 heterocycles. The number of nitrogens with zero attached hydrogens (tertiary/aromatic N) is 2. The van der Waals surface area contributed by atoms with E-state index in [1.165, 1.54) is 24.5 Å². The molecule has 0 bridgehead atoms. The maximum Gasteiger partial charge on any atom is 0.340 e. The molecule has 158 valence electrons. The van der Waals surface area contributed by atoms with Gasteiger partial charge in [-0.25, -0.2) is 4.79 Å². The molecular formula is C23H22N4O3S. The van der Waals surface area contributed by atoms with Crippen LogP contribution < -0.4 is 5.32 Å². The molecule has 2 aromatic heterocycles. The van der Waals surface area contributed by atoms with Crippen molar-refractivity contribution in [2.24, 2.45) is 0 Å². The number of methoxy groups -OCH3 is 1. The number of thiophene rings is 1. The van der Waals surface area contributed by atoms with E-state index in [0.29, 0.717) is 16.3 Å². The van der Waals surface area contributed by atoms with E-state index < -0.39 is 11.9 Å². The van der Waals surface area contributed by atoms with E-state index in [-0.39, 0.29) is 11.1 Å². The monoisotopic (exact) mass is 434 g/mol. The van der Waals surface area contributed by atoms with Crippen LogP contribution in [0, 0.1) is 18.3 Å². The normalized spacial score (nSPS) is 11.1. The van der Waals surface area contributed by atoms with Crippen LogP contribution in [-0.2, 0) is 16.0 Å². The van der Waals surface area contributed by atoms with Crippen molar-refractivity contribution >= 4 is 34.3 Å². The van der Waals surface area contributed by atoms with Crippen LogP contribution in [0.5, 0.6) is 0 Å². The molecule has 3 rings (SSSR count). The Bertz CT molecular complexity index is 1170. The highest BCUT2D eigenvalue weighted by molar-refractivity contribution is 7.16. The third kappa shape index (κ3) is 5.08. The Labute approximate surface area is 184 Å². The van der Waals surface area contributed by atoms with Gasteiger partial charge in [0.25, 0.3) is 5.91 Å². The molecule has 1 amide bonds. The summed E-state index contributed by atoms with van der Waals surface area (Å²) in [5, 5.41) is 19.6. The van der Waals surface area contributed by atoms with Crippen molar-refractivity contribution in [1.82, 2.24) is 10.2 Å². The van der Waals surface area contributed by atoms with Crippen LogP contribution in [0.25, 0.3) is 17.3 Å². The number of ether oxygens (including phenoxy) is 1. The van der Waals surface area contributed by atoms with Crippen LogP contribution in [0.4, 0.5) is 5.00 Å². The van der Waals surface area contributed by atoms with E-state index in [1.54, 1.807) is 12.3 Å². The molecule has 8 heteroatoms. The molecule has 0 aliphatic carbocycles. The van der Waals surface area contributed by atoms with Gasteiger partial charge in [-0.15, -0.1) is 11.3 Å². The number of aromatic nitrogens is 2. The van der Waals surface area contributed by atoms with E-state index >= 15 is 0 Å². The predicted octanol–water partition coefficient (Wildman–Crippen LogP) is 4.73. The molecular weight excluding hydrogens is 412 g/mol. The molecule has 0 aliphatic rings. The second-order valence-corrected chi connectivity index (χ2v) is 8.02. The first-order valence-corrected chi connectivity index (χ1v) is 10.5. The Morgan fingerprint density at radius 1 is 1.32 bits per heavy atom. The number of hydrogen-bond donors (Lipinski definition) is 2. The number of rotatable bonds is 7. The van der Waals surface area contributed by atoms with Gasteiger partial charge in [-0.1, -0.05) is 43.2 Å². The third-order valence-corrected chi connectivity index (χ3v) is 5.70. The lowest BCUT2D eigenvalue weighted by Crippen LogP contribution is -2.15. The highest BCUT2D eigenvalue weighted by Crippen LogP contribution is 2.30. The minimum absolute atomic E-state index is 0.101. The summed E-state index contributed by atoms with van der Waals surface area (Å²) in [4.78, 5) is 25.9. The maximum absolute atomic E-state index is 12.8. The molecule has 0 saturated heterocycles. The summed E-state index contributed by atoms with van der Waals surface area (Å²) in [5.74, 6) is -1.14. The first-order valence-electron chi connectivity index (χ1n) is 9.71. The van der Waals surface area contributed by atoms with Gasteiger partial charge in [-0.3, -0.25) is 9.89 Å². The standard InChI is InChI=1S/C23H22N4O3S/c1-4-5-18-11-19(23(29)30-3)22(31-18)26-21(28)16(12-24)10-17-13-25-27-20(17)15-8-6-14(2)7-9-15/h6-11,13H,4-5H2,1-3H3,(H,25,27)(H,26,28)/b16-10+. The van der Waals surface area contributed by atoms with Gasteiger partial charge in [-0.2, -0.15) is 10.4 Å². The Kier molecular flexibility index (Phi) is 7.00. The lowest BCUT2D eigenvalue weighted by atomic mass is 10.0. The number of aromatic amines is 1. The smallest absolute Gasteiger partial charge is 0.340 e. The lowest BCUT2D eigenvalue weighted by molar-refractivity contribution is -0.112. The molecule has 0 saturated carbocycles. The minimum atomic E-state index is -0.603. The minimum Gasteiger partial charge on any atom is -0.465 e. The van der Waals surface area contributed by atoms with Crippen LogP contribution in [0.2, 0.25) is 0 Å². The molecule has 0 aliphatic heterocycles. The number of esters is 1. The van der Waals surface area contributed by atoms with E-state index in [2.05, 4.69) is 15.5 Å². The molecule has 31 heavy (non-hydrogen) atoms. The van der Waals surface area contributed by atoms with Crippen LogP contribution in [0.1, 0.15) is 39.7 Å². The van der Waals surface area contributed by atoms with Crippen molar-refractivity contribution < 1.29 is 14.3 Å². The van der Waals surface area contributed by atoms with E-state index in [1.807, 2.05) is 44.2 Å². The number of hydrogen-bond acceptors (Lipinski definition) is 6. The first-order chi connectivity index (χ1) is 15.0. The molecule has 0 unspecified atom stereocenters.